The van der Waals surface area contributed by atoms with Gasteiger partial charge in [-0.1, -0.05) is 0 Å². The van der Waals surface area contributed by atoms with Crippen molar-refractivity contribution in [3.63, 3.8) is 0 Å². The number of carbonyl (C=O) groups excluding carboxylic acids is 1. The highest BCUT2D eigenvalue weighted by Crippen LogP contribution is 2.44. The van der Waals surface area contributed by atoms with Crippen LogP contribution < -0.4 is 4.74 Å². The van der Waals surface area contributed by atoms with Crippen LogP contribution in [0.15, 0.2) is 11.4 Å². The van der Waals surface area contributed by atoms with Crippen LogP contribution in [0.1, 0.15) is 33.9 Å². The van der Waals surface area contributed by atoms with E-state index < -0.39 is 0 Å². The maximum atomic E-state index is 12.6. The molecule has 2 aliphatic rings. The number of amides is 1. The van der Waals surface area contributed by atoms with Gasteiger partial charge in [-0.3, -0.25) is 4.79 Å². The van der Waals surface area contributed by atoms with Gasteiger partial charge in [0.2, 0.25) is 5.82 Å². The van der Waals surface area contributed by atoms with Gasteiger partial charge in [-0.2, -0.15) is 4.98 Å². The fourth-order valence-electron chi connectivity index (χ4n) is 3.58. The van der Waals surface area contributed by atoms with Crippen LogP contribution in [0.25, 0.3) is 0 Å². The third-order valence-corrected chi connectivity index (χ3v) is 6.01. The normalized spacial score (nSPS) is 19.3. The number of carbonyl (C=O) groups is 1. The topological polar surface area (TPSA) is 69.5 Å². The van der Waals surface area contributed by atoms with Gasteiger partial charge in [0.05, 0.1) is 13.7 Å². The largest absolute Gasteiger partial charge is 0.467 e. The Morgan fingerprint density at radius 1 is 1.42 bits per heavy atom. The Kier molecular flexibility index (Phi) is 3.80. The van der Waals surface area contributed by atoms with Crippen LogP contribution in [0.3, 0.4) is 0 Å². The lowest BCUT2D eigenvalue weighted by Gasteiger charge is -2.43. The molecule has 0 unspecified atom stereocenters. The first-order valence-corrected chi connectivity index (χ1v) is 8.96. The zero-order valence-corrected chi connectivity index (χ0v) is 14.6. The maximum Gasteiger partial charge on any atom is 0.314 e. The summed E-state index contributed by atoms with van der Waals surface area (Å²) in [6, 6.07) is 2.54. The smallest absolute Gasteiger partial charge is 0.314 e. The Morgan fingerprint density at radius 2 is 2.21 bits per heavy atom. The number of methoxy groups -OCH3 is 1. The summed E-state index contributed by atoms with van der Waals surface area (Å²) in [6.45, 7) is 2.06. The van der Waals surface area contributed by atoms with Crippen LogP contribution in [-0.4, -0.2) is 52.4 Å². The third kappa shape index (κ3) is 2.41. The number of likely N-dealkylation sites (tertiary alicyclic amines) is 1. The van der Waals surface area contributed by atoms with Crippen molar-refractivity contribution in [3.8, 4) is 6.01 Å². The standard InChI is InChI=1S/C16H20N4O3S/c1-19-15(22-2)17-13(18-19)14(21)20-7-5-16(6-8-20)12-11(3-9-23-16)4-10-24-12/h4,10H,3,5-9H2,1-2H3. The van der Waals surface area contributed by atoms with E-state index in [1.807, 2.05) is 4.90 Å². The fraction of sp³-hybridized carbons (Fsp3) is 0.562. The Bertz CT molecular complexity index is 761. The molecule has 4 rings (SSSR count). The molecular formula is C16H20N4O3S. The molecule has 2 aromatic heterocycles. The van der Waals surface area contributed by atoms with Gasteiger partial charge in [0.1, 0.15) is 5.60 Å². The summed E-state index contributed by atoms with van der Waals surface area (Å²) < 4.78 is 12.7. The van der Waals surface area contributed by atoms with Gasteiger partial charge in [0.15, 0.2) is 0 Å². The molecule has 2 aromatic rings. The number of fused-ring (bicyclic) bond motifs is 2. The van der Waals surface area contributed by atoms with Crippen LogP contribution in [0, 0.1) is 0 Å². The Hall–Kier alpha value is -1.93. The summed E-state index contributed by atoms with van der Waals surface area (Å²) in [7, 11) is 3.23. The first-order chi connectivity index (χ1) is 11.6. The van der Waals surface area contributed by atoms with Gasteiger partial charge in [0, 0.05) is 25.0 Å². The summed E-state index contributed by atoms with van der Waals surface area (Å²) in [6.07, 6.45) is 2.62. The van der Waals surface area contributed by atoms with Crippen LogP contribution in [0.2, 0.25) is 0 Å². The van der Waals surface area contributed by atoms with Crippen molar-refractivity contribution < 1.29 is 14.3 Å². The lowest BCUT2D eigenvalue weighted by atomic mass is 9.85. The molecule has 0 aliphatic carbocycles. The summed E-state index contributed by atoms with van der Waals surface area (Å²) in [4.78, 5) is 19.9. The molecule has 24 heavy (non-hydrogen) atoms. The van der Waals surface area contributed by atoms with Gasteiger partial charge in [-0.15, -0.1) is 16.4 Å². The van der Waals surface area contributed by atoms with E-state index in [-0.39, 0.29) is 17.3 Å². The number of aromatic nitrogens is 3. The predicted molar refractivity (Wildman–Crippen MR) is 88.3 cm³/mol. The Morgan fingerprint density at radius 3 is 2.92 bits per heavy atom. The molecule has 0 bridgehead atoms. The minimum atomic E-state index is -0.215. The van der Waals surface area contributed by atoms with Crippen LogP contribution >= 0.6 is 11.3 Å². The number of thiophene rings is 1. The number of aryl methyl sites for hydroxylation is 1. The van der Waals surface area contributed by atoms with Crippen molar-refractivity contribution in [2.24, 2.45) is 7.05 Å². The molecule has 0 N–H and O–H groups in total. The van der Waals surface area contributed by atoms with Gasteiger partial charge in [0.25, 0.3) is 5.91 Å². The number of nitrogens with zero attached hydrogens (tertiary/aromatic N) is 4. The van der Waals surface area contributed by atoms with E-state index in [2.05, 4.69) is 21.5 Å². The number of hydrogen-bond donors (Lipinski definition) is 0. The highest BCUT2D eigenvalue weighted by Gasteiger charge is 2.43. The summed E-state index contributed by atoms with van der Waals surface area (Å²) >= 11 is 1.77. The van der Waals surface area contributed by atoms with Gasteiger partial charge >= 0.3 is 6.01 Å². The van der Waals surface area contributed by atoms with E-state index in [1.54, 1.807) is 18.4 Å². The van der Waals surface area contributed by atoms with E-state index in [0.29, 0.717) is 19.1 Å². The molecule has 8 heteroatoms. The zero-order chi connectivity index (χ0) is 16.7. The van der Waals surface area contributed by atoms with Gasteiger partial charge in [-0.05, 0) is 36.3 Å². The quantitative estimate of drug-likeness (QED) is 0.824. The molecule has 2 aliphatic heterocycles. The predicted octanol–water partition coefficient (Wildman–Crippen LogP) is 1.59. The molecular weight excluding hydrogens is 328 g/mol. The first kappa shape index (κ1) is 15.6. The van der Waals surface area contributed by atoms with E-state index in [0.717, 1.165) is 25.9 Å². The molecule has 0 aromatic carbocycles. The van der Waals surface area contributed by atoms with E-state index in [4.69, 9.17) is 9.47 Å². The van der Waals surface area contributed by atoms with E-state index >= 15 is 0 Å². The minimum Gasteiger partial charge on any atom is -0.467 e. The molecule has 7 nitrogen and oxygen atoms in total. The highest BCUT2D eigenvalue weighted by atomic mass is 32.1. The van der Waals surface area contributed by atoms with Crippen molar-refractivity contribution >= 4 is 17.2 Å². The monoisotopic (exact) mass is 348 g/mol. The second-order valence-corrected chi connectivity index (χ2v) is 7.12. The minimum absolute atomic E-state index is 0.147. The van der Waals surface area contributed by atoms with Gasteiger partial charge < -0.3 is 14.4 Å². The third-order valence-electron chi connectivity index (χ3n) is 4.87. The van der Waals surface area contributed by atoms with E-state index in [1.165, 1.54) is 22.2 Å². The molecule has 1 saturated heterocycles. The molecule has 4 heterocycles. The SMILES string of the molecule is COc1nc(C(=O)N2CCC3(CC2)OCCc2ccsc23)nn1C. The number of ether oxygens (including phenoxy) is 2. The second-order valence-electron chi connectivity index (χ2n) is 6.21. The molecule has 1 spiro atoms. The second kappa shape index (κ2) is 5.86. The molecule has 0 atom stereocenters. The van der Waals surface area contributed by atoms with Crippen molar-refractivity contribution in [3.05, 3.63) is 27.7 Å². The van der Waals surface area contributed by atoms with Crippen LogP contribution in [-0.2, 0) is 23.8 Å². The Balaban J connectivity index is 1.50. The summed E-state index contributed by atoms with van der Waals surface area (Å²) in [5.74, 6) is 0.0395. The molecule has 0 saturated carbocycles. The number of rotatable bonds is 2. The number of hydrogen-bond acceptors (Lipinski definition) is 6. The molecule has 1 fully saturated rings. The van der Waals surface area contributed by atoms with Crippen molar-refractivity contribution in [2.75, 3.05) is 26.8 Å². The lowest BCUT2D eigenvalue weighted by molar-refractivity contribution is -0.0907. The molecule has 1 amide bonds. The van der Waals surface area contributed by atoms with Crippen molar-refractivity contribution in [2.45, 2.75) is 24.9 Å². The van der Waals surface area contributed by atoms with Crippen LogP contribution in [0.5, 0.6) is 6.01 Å². The number of piperidine rings is 1. The maximum absolute atomic E-state index is 12.6. The van der Waals surface area contributed by atoms with Crippen molar-refractivity contribution in [1.29, 1.82) is 0 Å². The van der Waals surface area contributed by atoms with Gasteiger partial charge in [-0.25, -0.2) is 4.68 Å². The summed E-state index contributed by atoms with van der Waals surface area (Å²) in [5, 5.41) is 6.29. The lowest BCUT2D eigenvalue weighted by Crippen LogP contribution is -2.48. The highest BCUT2D eigenvalue weighted by molar-refractivity contribution is 7.10. The summed E-state index contributed by atoms with van der Waals surface area (Å²) in [5.41, 5.74) is 1.19. The first-order valence-electron chi connectivity index (χ1n) is 8.08. The molecule has 0 radical (unpaired) electrons. The molecule has 128 valence electrons. The van der Waals surface area contributed by atoms with Crippen LogP contribution in [0.4, 0.5) is 0 Å². The zero-order valence-electron chi connectivity index (χ0n) is 13.8. The van der Waals surface area contributed by atoms with E-state index in [9.17, 15) is 4.79 Å². The van der Waals surface area contributed by atoms with Crippen molar-refractivity contribution in [1.82, 2.24) is 19.7 Å². The average molecular weight is 348 g/mol. The Labute approximate surface area is 144 Å². The average Bonchev–Trinajstić information content (AvgIpc) is 3.22. The fourth-order valence-corrected chi connectivity index (χ4v) is 4.74.